The van der Waals surface area contributed by atoms with Gasteiger partial charge in [-0.3, -0.25) is 0 Å². The highest BCUT2D eigenvalue weighted by molar-refractivity contribution is 7.92. The maximum atomic E-state index is 11.9. The second-order valence-electron chi connectivity index (χ2n) is 5.14. The number of rotatable bonds is 2. The van der Waals surface area contributed by atoms with Crippen molar-refractivity contribution < 1.29 is 8.42 Å². The van der Waals surface area contributed by atoms with Crippen LogP contribution < -0.4 is 0 Å². The molecule has 4 nitrogen and oxygen atoms in total. The van der Waals surface area contributed by atoms with Crippen LogP contribution in [-0.2, 0) is 16.4 Å². The minimum atomic E-state index is -2.94. The number of hydrogen-bond acceptors (Lipinski definition) is 3. The van der Waals surface area contributed by atoms with Crippen molar-refractivity contribution in [3.8, 4) is 0 Å². The van der Waals surface area contributed by atoms with E-state index in [1.165, 1.54) is 0 Å². The van der Waals surface area contributed by atoms with Crippen LogP contribution >= 0.6 is 12.2 Å². The quantitative estimate of drug-likeness (QED) is 0.867. The van der Waals surface area contributed by atoms with Crippen molar-refractivity contribution >= 4 is 33.1 Å². The first-order valence-electron chi connectivity index (χ1n) is 6.39. The molecule has 1 unspecified atom stereocenters. The van der Waals surface area contributed by atoms with E-state index in [2.05, 4.69) is 4.98 Å². The van der Waals surface area contributed by atoms with Crippen LogP contribution in [0.5, 0.6) is 0 Å². The van der Waals surface area contributed by atoms with Crippen LogP contribution in [0, 0.1) is 11.7 Å². The lowest BCUT2D eigenvalue weighted by atomic mass is 10.2. The molecule has 1 aliphatic heterocycles. The topological polar surface area (TPSA) is 54.9 Å². The van der Waals surface area contributed by atoms with Crippen molar-refractivity contribution in [2.24, 2.45) is 0 Å². The average molecular weight is 296 g/mol. The van der Waals surface area contributed by atoms with E-state index in [4.69, 9.17) is 12.2 Å². The van der Waals surface area contributed by atoms with Crippen LogP contribution in [0.4, 0.5) is 0 Å². The predicted molar refractivity (Wildman–Crippen MR) is 78.7 cm³/mol. The summed E-state index contributed by atoms with van der Waals surface area (Å²) in [5, 5.41) is -0.293. The summed E-state index contributed by atoms with van der Waals surface area (Å²) >= 11 is 5.33. The Labute approximate surface area is 117 Å². The smallest absolute Gasteiger partial charge is 0.178 e. The van der Waals surface area contributed by atoms with Gasteiger partial charge in [-0.15, -0.1) is 0 Å². The number of benzene rings is 1. The number of para-hydroxylation sites is 1. The standard InChI is InChI=1S/C13H16N2O2S2/c1-9-4-2-6-11-12(9)14-13(18)15(11)8-10-5-3-7-19(10,16)17/h2,4,6,10H,3,5,7-8H2,1H3,(H,14,18). The Morgan fingerprint density at radius 2 is 2.26 bits per heavy atom. The van der Waals surface area contributed by atoms with E-state index < -0.39 is 9.84 Å². The second-order valence-corrected chi connectivity index (χ2v) is 7.93. The molecule has 1 aromatic carbocycles. The SMILES string of the molecule is Cc1cccc2c1[nH]c(=S)n2CC1CCCS1(=O)=O. The van der Waals surface area contributed by atoms with E-state index in [9.17, 15) is 8.42 Å². The molecule has 19 heavy (non-hydrogen) atoms. The zero-order valence-corrected chi connectivity index (χ0v) is 12.4. The van der Waals surface area contributed by atoms with Crippen LogP contribution in [0.3, 0.4) is 0 Å². The van der Waals surface area contributed by atoms with Gasteiger partial charge in [0.25, 0.3) is 0 Å². The summed E-state index contributed by atoms with van der Waals surface area (Å²) in [7, 11) is -2.94. The minimum Gasteiger partial charge on any atom is -0.330 e. The van der Waals surface area contributed by atoms with Crippen molar-refractivity contribution in [1.82, 2.24) is 9.55 Å². The van der Waals surface area contributed by atoms with Crippen molar-refractivity contribution in [3.63, 3.8) is 0 Å². The zero-order valence-electron chi connectivity index (χ0n) is 10.7. The van der Waals surface area contributed by atoms with Crippen molar-refractivity contribution in [2.75, 3.05) is 5.75 Å². The maximum absolute atomic E-state index is 11.9. The van der Waals surface area contributed by atoms with Crippen LogP contribution in [-0.4, -0.2) is 29.0 Å². The Balaban J connectivity index is 2.09. The van der Waals surface area contributed by atoms with Gasteiger partial charge in [0.1, 0.15) is 0 Å². The van der Waals surface area contributed by atoms with Gasteiger partial charge in [-0.1, -0.05) is 12.1 Å². The monoisotopic (exact) mass is 296 g/mol. The summed E-state index contributed by atoms with van der Waals surface area (Å²) in [6.45, 7) is 2.48. The molecule has 3 rings (SSSR count). The number of imidazole rings is 1. The molecule has 2 heterocycles. The van der Waals surface area contributed by atoms with Crippen molar-refractivity contribution in [2.45, 2.75) is 31.6 Å². The zero-order chi connectivity index (χ0) is 13.6. The van der Waals surface area contributed by atoms with Crippen LogP contribution in [0.25, 0.3) is 11.0 Å². The third-order valence-corrected chi connectivity index (χ3v) is 6.45. The Morgan fingerprint density at radius 1 is 1.47 bits per heavy atom. The van der Waals surface area contributed by atoms with Gasteiger partial charge in [0.15, 0.2) is 14.6 Å². The van der Waals surface area contributed by atoms with E-state index in [1.807, 2.05) is 29.7 Å². The summed E-state index contributed by atoms with van der Waals surface area (Å²) in [4.78, 5) is 3.18. The Morgan fingerprint density at radius 3 is 2.95 bits per heavy atom. The molecule has 102 valence electrons. The molecule has 0 amide bonds. The van der Waals surface area contributed by atoms with Gasteiger partial charge < -0.3 is 9.55 Å². The molecule has 0 saturated carbocycles. The number of H-pyrrole nitrogens is 1. The summed E-state index contributed by atoms with van der Waals surface area (Å²) in [5.41, 5.74) is 3.12. The maximum Gasteiger partial charge on any atom is 0.178 e. The number of nitrogens with zero attached hydrogens (tertiary/aromatic N) is 1. The van der Waals surface area contributed by atoms with Gasteiger partial charge in [0.2, 0.25) is 0 Å². The Bertz CT molecular complexity index is 787. The number of hydrogen-bond donors (Lipinski definition) is 1. The highest BCUT2D eigenvalue weighted by Gasteiger charge is 2.31. The number of aryl methyl sites for hydroxylation is 1. The van der Waals surface area contributed by atoms with E-state index in [0.29, 0.717) is 17.1 Å². The summed E-state index contributed by atoms with van der Waals surface area (Å²) in [6.07, 6.45) is 1.50. The molecular formula is C13H16N2O2S2. The largest absolute Gasteiger partial charge is 0.330 e. The lowest BCUT2D eigenvalue weighted by molar-refractivity contribution is 0.568. The number of aromatic nitrogens is 2. The number of nitrogens with one attached hydrogen (secondary N) is 1. The molecular weight excluding hydrogens is 280 g/mol. The lowest BCUT2D eigenvalue weighted by Crippen LogP contribution is -2.22. The third-order valence-electron chi connectivity index (χ3n) is 3.87. The molecule has 0 spiro atoms. The molecule has 0 bridgehead atoms. The summed E-state index contributed by atoms with van der Waals surface area (Å²) in [6, 6.07) is 5.97. The Hall–Kier alpha value is -1.14. The highest BCUT2D eigenvalue weighted by Crippen LogP contribution is 2.24. The van der Waals surface area contributed by atoms with Crippen molar-refractivity contribution in [1.29, 1.82) is 0 Å². The highest BCUT2D eigenvalue weighted by atomic mass is 32.2. The average Bonchev–Trinajstić information content (AvgIpc) is 2.83. The fraction of sp³-hybridized carbons (Fsp3) is 0.462. The summed E-state index contributed by atoms with van der Waals surface area (Å²) < 4.78 is 26.4. The summed E-state index contributed by atoms with van der Waals surface area (Å²) in [5.74, 6) is 0.312. The Kier molecular flexibility index (Phi) is 3.02. The van der Waals surface area contributed by atoms with Gasteiger partial charge >= 0.3 is 0 Å². The molecule has 0 radical (unpaired) electrons. The molecule has 1 fully saturated rings. The van der Waals surface area contributed by atoms with Gasteiger partial charge in [-0.25, -0.2) is 8.42 Å². The fourth-order valence-electron chi connectivity index (χ4n) is 2.77. The number of sulfone groups is 1. The second kappa shape index (κ2) is 4.45. The molecule has 1 N–H and O–H groups in total. The number of fused-ring (bicyclic) bond motifs is 1. The van der Waals surface area contributed by atoms with Gasteiger partial charge in [-0.2, -0.15) is 0 Å². The normalized spacial score (nSPS) is 22.1. The van der Waals surface area contributed by atoms with E-state index in [-0.39, 0.29) is 5.25 Å². The molecule has 1 saturated heterocycles. The lowest BCUT2D eigenvalue weighted by Gasteiger charge is -2.11. The van der Waals surface area contributed by atoms with Crippen LogP contribution in [0.2, 0.25) is 0 Å². The first-order chi connectivity index (χ1) is 8.99. The van der Waals surface area contributed by atoms with Crippen LogP contribution in [0.1, 0.15) is 18.4 Å². The predicted octanol–water partition coefficient (Wildman–Crippen LogP) is 2.58. The molecule has 2 aromatic rings. The first kappa shape index (κ1) is 12.9. The molecule has 1 aromatic heterocycles. The third kappa shape index (κ3) is 2.12. The minimum absolute atomic E-state index is 0.293. The molecule has 1 aliphatic rings. The fourth-order valence-corrected chi connectivity index (χ4v) is 4.85. The van der Waals surface area contributed by atoms with Gasteiger partial charge in [0.05, 0.1) is 22.0 Å². The van der Waals surface area contributed by atoms with Crippen LogP contribution in [0.15, 0.2) is 18.2 Å². The van der Waals surface area contributed by atoms with E-state index in [1.54, 1.807) is 0 Å². The van der Waals surface area contributed by atoms with E-state index >= 15 is 0 Å². The first-order valence-corrected chi connectivity index (χ1v) is 8.51. The van der Waals surface area contributed by atoms with Crippen molar-refractivity contribution in [3.05, 3.63) is 28.5 Å². The molecule has 1 atom stereocenters. The number of aromatic amines is 1. The van der Waals surface area contributed by atoms with Gasteiger partial charge in [0, 0.05) is 6.54 Å². The van der Waals surface area contributed by atoms with Gasteiger partial charge in [-0.05, 0) is 43.6 Å². The van der Waals surface area contributed by atoms with E-state index in [0.717, 1.165) is 29.4 Å². The molecule has 6 heteroatoms. The molecule has 0 aliphatic carbocycles.